The normalized spacial score (nSPS) is 17.7. The number of nitrogens with zero attached hydrogens (tertiary/aromatic N) is 3. The molecule has 4 heteroatoms. The summed E-state index contributed by atoms with van der Waals surface area (Å²) in [5.74, 6) is 1.65. The van der Waals surface area contributed by atoms with Gasteiger partial charge in [0.1, 0.15) is 5.82 Å². The van der Waals surface area contributed by atoms with Gasteiger partial charge in [0.05, 0.1) is 6.54 Å². The smallest absolute Gasteiger partial charge is 0.226 e. The summed E-state index contributed by atoms with van der Waals surface area (Å²) < 4.78 is 2.24. The Morgan fingerprint density at radius 1 is 1.07 bits per heavy atom. The van der Waals surface area contributed by atoms with Crippen LogP contribution >= 0.6 is 0 Å². The monoisotopic (exact) mass is 379 g/mol. The van der Waals surface area contributed by atoms with Crippen molar-refractivity contribution in [3.05, 3.63) is 52.6 Å². The van der Waals surface area contributed by atoms with E-state index in [4.69, 9.17) is 0 Å². The van der Waals surface area contributed by atoms with Crippen LogP contribution in [0.5, 0.6) is 0 Å². The molecule has 1 aromatic carbocycles. The summed E-state index contributed by atoms with van der Waals surface area (Å²) in [5.41, 5.74) is 5.33. The van der Waals surface area contributed by atoms with Crippen LogP contribution in [0.15, 0.2) is 24.5 Å². The summed E-state index contributed by atoms with van der Waals surface area (Å²) in [6, 6.07) is 4.91. The van der Waals surface area contributed by atoms with E-state index in [2.05, 4.69) is 53.6 Å². The van der Waals surface area contributed by atoms with E-state index in [1.165, 1.54) is 41.5 Å². The number of hydrogen-bond acceptors (Lipinski definition) is 2. The van der Waals surface area contributed by atoms with Gasteiger partial charge >= 0.3 is 0 Å². The molecule has 2 saturated carbocycles. The number of imidazole rings is 1. The third kappa shape index (κ3) is 4.16. The highest BCUT2D eigenvalue weighted by molar-refractivity contribution is 5.81. The molecular weight excluding hydrogens is 346 g/mol. The summed E-state index contributed by atoms with van der Waals surface area (Å²) in [4.78, 5) is 19.9. The molecule has 0 bridgehead atoms. The number of aromatic nitrogens is 2. The molecule has 2 fully saturated rings. The molecular formula is C24H33N3O. The van der Waals surface area contributed by atoms with Gasteiger partial charge in [-0.25, -0.2) is 4.98 Å². The molecule has 1 aromatic heterocycles. The molecule has 2 aliphatic rings. The minimum Gasteiger partial charge on any atom is -0.332 e. The molecule has 1 amide bonds. The van der Waals surface area contributed by atoms with Crippen LogP contribution in [0, 0.1) is 26.7 Å². The van der Waals surface area contributed by atoms with Crippen molar-refractivity contribution in [2.24, 2.45) is 5.92 Å². The van der Waals surface area contributed by atoms with Gasteiger partial charge in [-0.15, -0.1) is 0 Å². The molecule has 4 rings (SSSR count). The Labute approximate surface area is 169 Å². The van der Waals surface area contributed by atoms with Gasteiger partial charge in [-0.05, 0) is 63.1 Å². The van der Waals surface area contributed by atoms with Crippen LogP contribution in [0.25, 0.3) is 0 Å². The minimum atomic E-state index is 0.270. The van der Waals surface area contributed by atoms with Crippen LogP contribution in [-0.2, 0) is 17.9 Å². The topological polar surface area (TPSA) is 38.1 Å². The van der Waals surface area contributed by atoms with E-state index in [0.717, 1.165) is 38.1 Å². The number of amides is 1. The van der Waals surface area contributed by atoms with E-state index in [0.29, 0.717) is 18.5 Å². The summed E-state index contributed by atoms with van der Waals surface area (Å²) in [6.45, 7) is 8.01. The van der Waals surface area contributed by atoms with Gasteiger partial charge in [0, 0.05) is 30.9 Å². The van der Waals surface area contributed by atoms with E-state index in [-0.39, 0.29) is 5.92 Å². The van der Waals surface area contributed by atoms with Crippen molar-refractivity contribution in [3.8, 4) is 0 Å². The first-order valence-corrected chi connectivity index (χ1v) is 10.9. The molecule has 2 aliphatic carbocycles. The van der Waals surface area contributed by atoms with Crippen molar-refractivity contribution >= 4 is 5.91 Å². The highest BCUT2D eigenvalue weighted by atomic mass is 16.2. The van der Waals surface area contributed by atoms with Crippen LogP contribution in [0.2, 0.25) is 0 Å². The minimum absolute atomic E-state index is 0.270. The number of carbonyl (C=O) groups is 1. The SMILES string of the molecule is Cc1cc(C)c(Cn2ccnc2CN(C(=O)C2CC2)C2CCCCC2)c(C)c1. The first-order valence-electron chi connectivity index (χ1n) is 10.9. The molecule has 150 valence electrons. The fraction of sp³-hybridized carbons (Fsp3) is 0.583. The lowest BCUT2D eigenvalue weighted by atomic mass is 9.94. The lowest BCUT2D eigenvalue weighted by Gasteiger charge is -2.34. The first-order chi connectivity index (χ1) is 13.5. The van der Waals surface area contributed by atoms with Crippen molar-refractivity contribution in [1.82, 2.24) is 14.5 Å². The van der Waals surface area contributed by atoms with E-state index in [1.54, 1.807) is 0 Å². The molecule has 0 radical (unpaired) electrons. The Kier molecular flexibility index (Phi) is 5.56. The van der Waals surface area contributed by atoms with Crippen LogP contribution in [-0.4, -0.2) is 26.4 Å². The third-order valence-corrected chi connectivity index (χ3v) is 6.51. The van der Waals surface area contributed by atoms with Crippen LogP contribution < -0.4 is 0 Å². The second-order valence-electron chi connectivity index (χ2n) is 8.88. The first kappa shape index (κ1) is 19.2. The Morgan fingerprint density at radius 3 is 2.39 bits per heavy atom. The largest absolute Gasteiger partial charge is 0.332 e. The van der Waals surface area contributed by atoms with Gasteiger partial charge < -0.3 is 9.47 Å². The summed E-state index contributed by atoms with van der Waals surface area (Å²) in [7, 11) is 0. The molecule has 0 aliphatic heterocycles. The third-order valence-electron chi connectivity index (χ3n) is 6.51. The number of carbonyl (C=O) groups excluding carboxylic acids is 1. The Morgan fingerprint density at radius 2 is 1.75 bits per heavy atom. The number of benzene rings is 1. The standard InChI is InChI=1S/C24H33N3O/c1-17-13-18(2)22(19(3)14-17)15-26-12-11-25-23(26)16-27(24(28)20-9-10-20)21-7-5-4-6-8-21/h11-14,20-21H,4-10,15-16H2,1-3H3. The molecule has 4 nitrogen and oxygen atoms in total. The molecule has 0 saturated heterocycles. The molecule has 2 aromatic rings. The maximum absolute atomic E-state index is 13.0. The fourth-order valence-electron chi connectivity index (χ4n) is 4.76. The van der Waals surface area contributed by atoms with Gasteiger partial charge in [-0.2, -0.15) is 0 Å². The Bertz CT molecular complexity index is 820. The zero-order valence-corrected chi connectivity index (χ0v) is 17.6. The molecule has 0 N–H and O–H groups in total. The average molecular weight is 380 g/mol. The second-order valence-corrected chi connectivity index (χ2v) is 8.88. The second kappa shape index (κ2) is 8.10. The van der Waals surface area contributed by atoms with Gasteiger partial charge in [0.25, 0.3) is 0 Å². The zero-order valence-electron chi connectivity index (χ0n) is 17.6. The van der Waals surface area contributed by atoms with Gasteiger partial charge in [-0.1, -0.05) is 37.0 Å². The number of aryl methyl sites for hydroxylation is 3. The molecule has 0 unspecified atom stereocenters. The number of rotatable bonds is 6. The van der Waals surface area contributed by atoms with Crippen molar-refractivity contribution < 1.29 is 4.79 Å². The maximum Gasteiger partial charge on any atom is 0.226 e. The van der Waals surface area contributed by atoms with E-state index >= 15 is 0 Å². The maximum atomic E-state index is 13.0. The predicted molar refractivity (Wildman–Crippen MR) is 112 cm³/mol. The molecule has 0 spiro atoms. The fourth-order valence-corrected chi connectivity index (χ4v) is 4.76. The van der Waals surface area contributed by atoms with E-state index < -0.39 is 0 Å². The van der Waals surface area contributed by atoms with Gasteiger partial charge in [-0.3, -0.25) is 4.79 Å². The van der Waals surface area contributed by atoms with Crippen molar-refractivity contribution in [1.29, 1.82) is 0 Å². The van der Waals surface area contributed by atoms with E-state index in [9.17, 15) is 4.79 Å². The molecule has 0 atom stereocenters. The lowest BCUT2D eigenvalue weighted by Crippen LogP contribution is -2.42. The van der Waals surface area contributed by atoms with Crippen molar-refractivity contribution in [3.63, 3.8) is 0 Å². The van der Waals surface area contributed by atoms with Crippen molar-refractivity contribution in [2.75, 3.05) is 0 Å². The Hall–Kier alpha value is -2.10. The summed E-state index contributed by atoms with van der Waals surface area (Å²) in [5, 5.41) is 0. The zero-order chi connectivity index (χ0) is 19.7. The summed E-state index contributed by atoms with van der Waals surface area (Å²) in [6.07, 6.45) is 12.2. The molecule has 28 heavy (non-hydrogen) atoms. The van der Waals surface area contributed by atoms with Crippen LogP contribution in [0.3, 0.4) is 0 Å². The highest BCUT2D eigenvalue weighted by Gasteiger charge is 2.37. The average Bonchev–Trinajstić information content (AvgIpc) is 3.43. The van der Waals surface area contributed by atoms with Gasteiger partial charge in [0.2, 0.25) is 5.91 Å². The van der Waals surface area contributed by atoms with Crippen LogP contribution in [0.4, 0.5) is 0 Å². The van der Waals surface area contributed by atoms with Crippen molar-refractivity contribution in [2.45, 2.75) is 84.8 Å². The Balaban J connectivity index is 1.56. The quantitative estimate of drug-likeness (QED) is 0.714. The van der Waals surface area contributed by atoms with Crippen LogP contribution in [0.1, 0.15) is 73.0 Å². The van der Waals surface area contributed by atoms with Gasteiger partial charge in [0.15, 0.2) is 0 Å². The lowest BCUT2D eigenvalue weighted by molar-refractivity contribution is -0.136. The highest BCUT2D eigenvalue weighted by Crippen LogP contribution is 2.34. The summed E-state index contributed by atoms with van der Waals surface area (Å²) >= 11 is 0. The number of hydrogen-bond donors (Lipinski definition) is 0. The predicted octanol–water partition coefficient (Wildman–Crippen LogP) is 4.93. The molecule has 1 heterocycles. The van der Waals surface area contributed by atoms with E-state index in [1.807, 2.05) is 6.20 Å².